The van der Waals surface area contributed by atoms with Crippen LogP contribution >= 0.6 is 0 Å². The van der Waals surface area contributed by atoms with Crippen molar-refractivity contribution in [2.75, 3.05) is 25.8 Å². The Kier molecular flexibility index (Phi) is 5.38. The monoisotopic (exact) mass is 355 g/mol. The van der Waals surface area contributed by atoms with Gasteiger partial charge in [-0.2, -0.15) is 0 Å². The first kappa shape index (κ1) is 17.3. The molecule has 0 radical (unpaired) electrons. The molecule has 1 aliphatic rings. The van der Waals surface area contributed by atoms with E-state index in [1.807, 2.05) is 0 Å². The summed E-state index contributed by atoms with van der Waals surface area (Å²) in [5.74, 6) is 0.724. The second-order valence-electron chi connectivity index (χ2n) is 5.30. The Balaban J connectivity index is 1.50. The predicted molar refractivity (Wildman–Crippen MR) is 94.2 cm³/mol. The molecule has 1 aliphatic heterocycles. The Morgan fingerprint density at radius 3 is 2.81 bits per heavy atom. The molecule has 0 bridgehead atoms. The molecule has 2 aromatic rings. The van der Waals surface area contributed by atoms with E-state index in [9.17, 15) is 9.59 Å². The maximum absolute atomic E-state index is 11.9. The van der Waals surface area contributed by atoms with Crippen LogP contribution in [-0.2, 0) is 14.3 Å². The summed E-state index contributed by atoms with van der Waals surface area (Å²) >= 11 is 0. The SMILES string of the molecule is COc1ccccc1NC(=O)COC(=O)/C=C/c1ccc2c(c1)OCO2. The highest BCUT2D eigenvalue weighted by molar-refractivity contribution is 5.95. The van der Waals surface area contributed by atoms with Gasteiger partial charge < -0.3 is 24.3 Å². The minimum absolute atomic E-state index is 0.186. The van der Waals surface area contributed by atoms with Gasteiger partial charge in [0.05, 0.1) is 12.8 Å². The fourth-order valence-corrected chi connectivity index (χ4v) is 2.30. The van der Waals surface area contributed by atoms with Crippen molar-refractivity contribution < 1.29 is 28.5 Å². The van der Waals surface area contributed by atoms with Gasteiger partial charge in [-0.25, -0.2) is 4.79 Å². The molecule has 0 aromatic heterocycles. The van der Waals surface area contributed by atoms with Crippen molar-refractivity contribution in [3.05, 3.63) is 54.1 Å². The smallest absolute Gasteiger partial charge is 0.331 e. The molecule has 134 valence electrons. The standard InChI is InChI=1S/C19H17NO6/c1-23-15-5-3-2-4-14(15)20-18(21)11-24-19(22)9-7-13-6-8-16-17(10-13)26-12-25-16/h2-10H,11-12H2,1H3,(H,20,21)/b9-7+. The van der Waals surface area contributed by atoms with E-state index < -0.39 is 18.5 Å². The molecule has 0 spiro atoms. The van der Waals surface area contributed by atoms with Crippen molar-refractivity contribution in [3.63, 3.8) is 0 Å². The van der Waals surface area contributed by atoms with Gasteiger partial charge >= 0.3 is 5.97 Å². The minimum atomic E-state index is -0.627. The second kappa shape index (κ2) is 8.06. The normalized spacial score (nSPS) is 12.0. The van der Waals surface area contributed by atoms with Gasteiger partial charge in [0.1, 0.15) is 5.75 Å². The average molecular weight is 355 g/mol. The number of esters is 1. The minimum Gasteiger partial charge on any atom is -0.495 e. The van der Waals surface area contributed by atoms with Gasteiger partial charge in [0, 0.05) is 6.08 Å². The fourth-order valence-electron chi connectivity index (χ4n) is 2.30. The van der Waals surface area contributed by atoms with Gasteiger partial charge in [0.15, 0.2) is 18.1 Å². The zero-order valence-electron chi connectivity index (χ0n) is 14.1. The summed E-state index contributed by atoms with van der Waals surface area (Å²) < 4.78 is 20.6. The highest BCUT2D eigenvalue weighted by Crippen LogP contribution is 2.32. The van der Waals surface area contributed by atoms with Crippen LogP contribution < -0.4 is 19.5 Å². The van der Waals surface area contributed by atoms with E-state index in [1.54, 1.807) is 48.5 Å². The van der Waals surface area contributed by atoms with Crippen LogP contribution in [0.15, 0.2) is 48.5 Å². The molecule has 0 unspecified atom stereocenters. The number of hydrogen-bond acceptors (Lipinski definition) is 6. The number of nitrogens with one attached hydrogen (secondary N) is 1. The van der Waals surface area contributed by atoms with Gasteiger partial charge in [0.25, 0.3) is 5.91 Å². The third kappa shape index (κ3) is 4.32. The van der Waals surface area contributed by atoms with E-state index >= 15 is 0 Å². The van der Waals surface area contributed by atoms with Gasteiger partial charge in [-0.1, -0.05) is 18.2 Å². The van der Waals surface area contributed by atoms with Crippen LogP contribution in [0.5, 0.6) is 17.2 Å². The molecule has 26 heavy (non-hydrogen) atoms. The predicted octanol–water partition coefficient (Wildman–Crippen LogP) is 2.62. The number of carbonyl (C=O) groups excluding carboxylic acids is 2. The molecular formula is C19H17NO6. The van der Waals surface area contributed by atoms with Crippen molar-refractivity contribution in [2.45, 2.75) is 0 Å². The van der Waals surface area contributed by atoms with Gasteiger partial charge in [0.2, 0.25) is 6.79 Å². The van der Waals surface area contributed by atoms with Crippen LogP contribution in [0.25, 0.3) is 6.08 Å². The Morgan fingerprint density at radius 1 is 1.15 bits per heavy atom. The van der Waals surface area contributed by atoms with Crippen LogP contribution in [-0.4, -0.2) is 32.4 Å². The Morgan fingerprint density at radius 2 is 1.96 bits per heavy atom. The quantitative estimate of drug-likeness (QED) is 0.633. The molecule has 7 nitrogen and oxygen atoms in total. The molecule has 0 atom stereocenters. The molecule has 2 aromatic carbocycles. The van der Waals surface area contributed by atoms with E-state index in [-0.39, 0.29) is 6.79 Å². The van der Waals surface area contributed by atoms with Crippen LogP contribution in [0.3, 0.4) is 0 Å². The number of amides is 1. The van der Waals surface area contributed by atoms with Gasteiger partial charge in [-0.3, -0.25) is 4.79 Å². The number of rotatable bonds is 6. The number of para-hydroxylation sites is 2. The van der Waals surface area contributed by atoms with E-state index in [2.05, 4.69) is 5.32 Å². The average Bonchev–Trinajstić information content (AvgIpc) is 3.13. The third-order valence-electron chi connectivity index (χ3n) is 3.54. The summed E-state index contributed by atoms with van der Waals surface area (Å²) in [6.45, 7) is -0.214. The summed E-state index contributed by atoms with van der Waals surface area (Å²) in [6.07, 6.45) is 2.82. The third-order valence-corrected chi connectivity index (χ3v) is 3.54. The number of anilines is 1. The highest BCUT2D eigenvalue weighted by atomic mass is 16.7. The lowest BCUT2D eigenvalue weighted by Crippen LogP contribution is -2.20. The summed E-state index contributed by atoms with van der Waals surface area (Å²) in [7, 11) is 1.51. The second-order valence-corrected chi connectivity index (χ2v) is 5.30. The Bertz CT molecular complexity index is 846. The largest absolute Gasteiger partial charge is 0.495 e. The topological polar surface area (TPSA) is 83.1 Å². The number of hydrogen-bond donors (Lipinski definition) is 1. The van der Waals surface area contributed by atoms with Crippen LogP contribution in [0.1, 0.15) is 5.56 Å². The van der Waals surface area contributed by atoms with E-state index in [0.29, 0.717) is 22.9 Å². The first-order valence-electron chi connectivity index (χ1n) is 7.83. The fraction of sp³-hybridized carbons (Fsp3) is 0.158. The lowest BCUT2D eigenvalue weighted by Gasteiger charge is -2.09. The Hall–Kier alpha value is -3.48. The van der Waals surface area contributed by atoms with E-state index in [4.69, 9.17) is 18.9 Å². The first-order chi connectivity index (χ1) is 12.7. The van der Waals surface area contributed by atoms with E-state index in [0.717, 1.165) is 5.56 Å². The number of benzene rings is 2. The van der Waals surface area contributed by atoms with E-state index in [1.165, 1.54) is 13.2 Å². The van der Waals surface area contributed by atoms with Crippen LogP contribution in [0, 0.1) is 0 Å². The molecule has 0 saturated heterocycles. The van der Waals surface area contributed by atoms with Crippen LogP contribution in [0.4, 0.5) is 5.69 Å². The van der Waals surface area contributed by atoms with Gasteiger partial charge in [-0.15, -0.1) is 0 Å². The first-order valence-corrected chi connectivity index (χ1v) is 7.83. The maximum atomic E-state index is 11.9. The van der Waals surface area contributed by atoms with Crippen LogP contribution in [0.2, 0.25) is 0 Å². The molecule has 1 N–H and O–H groups in total. The zero-order valence-corrected chi connectivity index (χ0v) is 14.1. The number of ether oxygens (including phenoxy) is 4. The number of fused-ring (bicyclic) bond motifs is 1. The summed E-state index contributed by atoms with van der Waals surface area (Å²) in [5, 5.41) is 2.62. The van der Waals surface area contributed by atoms with Gasteiger partial charge in [-0.05, 0) is 35.9 Å². The molecule has 0 fully saturated rings. The number of methoxy groups -OCH3 is 1. The molecule has 0 aliphatic carbocycles. The molecule has 0 saturated carbocycles. The maximum Gasteiger partial charge on any atom is 0.331 e. The molecular weight excluding hydrogens is 338 g/mol. The van der Waals surface area contributed by atoms with Crippen molar-refractivity contribution in [2.24, 2.45) is 0 Å². The molecule has 3 rings (SSSR count). The zero-order chi connectivity index (χ0) is 18.4. The number of carbonyl (C=O) groups is 2. The van der Waals surface area contributed by atoms with Crippen molar-refractivity contribution >= 4 is 23.6 Å². The van der Waals surface area contributed by atoms with Crippen molar-refractivity contribution in [1.82, 2.24) is 0 Å². The van der Waals surface area contributed by atoms with Crippen molar-refractivity contribution in [3.8, 4) is 17.2 Å². The summed E-state index contributed by atoms with van der Waals surface area (Å²) in [6, 6.07) is 12.3. The lowest BCUT2D eigenvalue weighted by atomic mass is 10.2. The highest BCUT2D eigenvalue weighted by Gasteiger charge is 2.12. The molecule has 1 heterocycles. The molecule has 1 amide bonds. The lowest BCUT2D eigenvalue weighted by molar-refractivity contribution is -0.142. The summed E-state index contributed by atoms with van der Waals surface area (Å²) in [5.41, 5.74) is 1.26. The Labute approximate surface area is 150 Å². The molecule has 7 heteroatoms. The van der Waals surface area contributed by atoms with Crippen molar-refractivity contribution in [1.29, 1.82) is 0 Å². The summed E-state index contributed by atoms with van der Waals surface area (Å²) in [4.78, 5) is 23.6.